The van der Waals surface area contributed by atoms with E-state index in [9.17, 15) is 13.6 Å². The van der Waals surface area contributed by atoms with Gasteiger partial charge in [-0.15, -0.1) is 0 Å². The van der Waals surface area contributed by atoms with E-state index in [4.69, 9.17) is 9.84 Å². The van der Waals surface area contributed by atoms with Crippen LogP contribution < -0.4 is 0 Å². The summed E-state index contributed by atoms with van der Waals surface area (Å²) in [4.78, 5) is 11.1. The van der Waals surface area contributed by atoms with Gasteiger partial charge in [0.05, 0.1) is 12.0 Å². The van der Waals surface area contributed by atoms with Crippen LogP contribution in [-0.4, -0.2) is 30.2 Å². The van der Waals surface area contributed by atoms with E-state index >= 15 is 0 Å². The summed E-state index contributed by atoms with van der Waals surface area (Å²) in [5, 5.41) is 9.09. The molecule has 1 saturated carbocycles. The minimum atomic E-state index is -2.57. The van der Waals surface area contributed by atoms with E-state index in [1.807, 2.05) is 0 Å². The number of carboxylic acid groups (broad SMARTS) is 1. The van der Waals surface area contributed by atoms with Crippen LogP contribution in [0.4, 0.5) is 8.78 Å². The fourth-order valence-corrected chi connectivity index (χ4v) is 2.51. The Balaban J connectivity index is 1.94. The fourth-order valence-electron chi connectivity index (χ4n) is 2.51. The Kier molecular flexibility index (Phi) is 2.45. The summed E-state index contributed by atoms with van der Waals surface area (Å²) in [6, 6.07) is 0. The van der Waals surface area contributed by atoms with Crippen molar-refractivity contribution < 1.29 is 23.4 Å². The van der Waals surface area contributed by atoms with Crippen LogP contribution in [0, 0.1) is 11.3 Å². The first-order chi connectivity index (χ1) is 6.94. The first-order valence-electron chi connectivity index (χ1n) is 5.13. The Labute approximate surface area is 86.4 Å². The van der Waals surface area contributed by atoms with Crippen LogP contribution in [0.3, 0.4) is 0 Å². The average Bonchev–Trinajstić information content (AvgIpc) is 2.50. The molecule has 5 heteroatoms. The highest BCUT2D eigenvalue weighted by atomic mass is 19.3. The normalized spacial score (nSPS) is 35.1. The summed E-state index contributed by atoms with van der Waals surface area (Å²) < 4.78 is 30.3. The van der Waals surface area contributed by atoms with E-state index in [-0.39, 0.29) is 25.4 Å². The van der Waals surface area contributed by atoms with Crippen molar-refractivity contribution in [3.63, 3.8) is 0 Å². The lowest BCUT2D eigenvalue weighted by Gasteiger charge is -2.38. The molecule has 15 heavy (non-hydrogen) atoms. The van der Waals surface area contributed by atoms with E-state index < -0.39 is 17.3 Å². The van der Waals surface area contributed by atoms with Crippen molar-refractivity contribution in [3.05, 3.63) is 0 Å². The Bertz CT molecular complexity index is 264. The maximum Gasteiger partial charge on any atom is 0.312 e. The Hall–Kier alpha value is -0.710. The van der Waals surface area contributed by atoms with Crippen LogP contribution in [0.1, 0.15) is 25.7 Å². The minimum Gasteiger partial charge on any atom is -0.481 e. The molecule has 1 unspecified atom stereocenters. The average molecular weight is 220 g/mol. The molecule has 1 saturated heterocycles. The number of halogens is 2. The van der Waals surface area contributed by atoms with E-state index in [2.05, 4.69) is 0 Å². The van der Waals surface area contributed by atoms with Crippen molar-refractivity contribution in [1.29, 1.82) is 0 Å². The summed E-state index contributed by atoms with van der Waals surface area (Å²) in [6.07, 6.45) is 0.451. The molecule has 3 nitrogen and oxygen atoms in total. The first-order valence-corrected chi connectivity index (χ1v) is 5.13. The molecule has 0 radical (unpaired) electrons. The smallest absolute Gasteiger partial charge is 0.312 e. The molecular formula is C10H14F2O3. The highest BCUT2D eigenvalue weighted by Crippen LogP contribution is 2.49. The molecular weight excluding hydrogens is 206 g/mol. The summed E-state index contributed by atoms with van der Waals surface area (Å²) >= 11 is 0. The largest absolute Gasteiger partial charge is 0.481 e. The van der Waals surface area contributed by atoms with Gasteiger partial charge in [-0.2, -0.15) is 0 Å². The third-order valence-corrected chi connectivity index (χ3v) is 3.41. The molecule has 1 heterocycles. The highest BCUT2D eigenvalue weighted by molar-refractivity contribution is 5.75. The Morgan fingerprint density at radius 1 is 1.47 bits per heavy atom. The van der Waals surface area contributed by atoms with Crippen LogP contribution in [0.15, 0.2) is 0 Å². The van der Waals surface area contributed by atoms with Crippen molar-refractivity contribution in [2.45, 2.75) is 31.6 Å². The molecule has 1 aliphatic heterocycles. The molecule has 2 fully saturated rings. The lowest BCUT2D eigenvalue weighted by Crippen LogP contribution is -2.42. The maximum absolute atomic E-state index is 12.6. The second-order valence-corrected chi connectivity index (χ2v) is 4.72. The number of alkyl halides is 2. The monoisotopic (exact) mass is 220 g/mol. The van der Waals surface area contributed by atoms with Gasteiger partial charge in [0.25, 0.3) is 0 Å². The van der Waals surface area contributed by atoms with E-state index in [0.29, 0.717) is 19.4 Å². The number of hydrogen-bond donors (Lipinski definition) is 1. The predicted octanol–water partition coefficient (Wildman–Crippen LogP) is 1.91. The second kappa shape index (κ2) is 3.40. The highest BCUT2D eigenvalue weighted by Gasteiger charge is 2.51. The zero-order chi connectivity index (χ0) is 11.1. The lowest BCUT2D eigenvalue weighted by atomic mass is 9.69. The lowest BCUT2D eigenvalue weighted by molar-refractivity contribution is -0.157. The van der Waals surface area contributed by atoms with Gasteiger partial charge in [-0.25, -0.2) is 8.78 Å². The minimum absolute atomic E-state index is 0.155. The fraction of sp³-hybridized carbons (Fsp3) is 0.900. The van der Waals surface area contributed by atoms with Gasteiger partial charge in [0.1, 0.15) is 0 Å². The summed E-state index contributed by atoms with van der Waals surface area (Å²) in [6.45, 7) is 0.597. The van der Waals surface area contributed by atoms with Gasteiger partial charge >= 0.3 is 5.97 Å². The van der Waals surface area contributed by atoms with Gasteiger partial charge in [-0.05, 0) is 18.8 Å². The quantitative estimate of drug-likeness (QED) is 0.790. The molecule has 1 aliphatic carbocycles. The maximum atomic E-state index is 12.6. The van der Waals surface area contributed by atoms with E-state index in [1.165, 1.54) is 0 Å². The van der Waals surface area contributed by atoms with Gasteiger partial charge in [0.15, 0.2) is 0 Å². The van der Waals surface area contributed by atoms with Crippen molar-refractivity contribution in [1.82, 2.24) is 0 Å². The standard InChI is InChI=1S/C10H14F2O3/c11-10(12)4-7(5-10)3-9(8(13)14)1-2-15-6-9/h7H,1-6H2,(H,13,14). The number of aliphatic carboxylic acids is 1. The van der Waals surface area contributed by atoms with E-state index in [0.717, 1.165) is 0 Å². The SMILES string of the molecule is O=C(O)C1(CC2CC(F)(F)C2)CCOC1. The number of carboxylic acids is 1. The number of hydrogen-bond acceptors (Lipinski definition) is 2. The van der Waals surface area contributed by atoms with Crippen molar-refractivity contribution in [2.75, 3.05) is 13.2 Å². The molecule has 0 bridgehead atoms. The molecule has 0 amide bonds. The van der Waals surface area contributed by atoms with Crippen LogP contribution in [-0.2, 0) is 9.53 Å². The zero-order valence-electron chi connectivity index (χ0n) is 8.34. The number of carbonyl (C=O) groups is 1. The first kappa shape index (κ1) is 10.8. The van der Waals surface area contributed by atoms with Crippen molar-refractivity contribution in [2.24, 2.45) is 11.3 Å². The van der Waals surface area contributed by atoms with Crippen LogP contribution in [0.5, 0.6) is 0 Å². The van der Waals surface area contributed by atoms with Crippen molar-refractivity contribution >= 4 is 5.97 Å². The van der Waals surface area contributed by atoms with Crippen LogP contribution in [0.25, 0.3) is 0 Å². The summed E-state index contributed by atoms with van der Waals surface area (Å²) in [5.41, 5.74) is -0.902. The molecule has 0 aromatic carbocycles. The van der Waals surface area contributed by atoms with Gasteiger partial charge in [0, 0.05) is 19.4 Å². The predicted molar refractivity (Wildman–Crippen MR) is 47.8 cm³/mol. The van der Waals surface area contributed by atoms with Crippen LogP contribution in [0.2, 0.25) is 0 Å². The van der Waals surface area contributed by atoms with Gasteiger partial charge in [-0.1, -0.05) is 0 Å². The molecule has 1 atom stereocenters. The Morgan fingerprint density at radius 3 is 2.53 bits per heavy atom. The van der Waals surface area contributed by atoms with Gasteiger partial charge in [-0.3, -0.25) is 4.79 Å². The molecule has 0 aromatic heterocycles. The number of rotatable bonds is 3. The number of ether oxygens (including phenoxy) is 1. The van der Waals surface area contributed by atoms with Crippen LogP contribution >= 0.6 is 0 Å². The molecule has 0 aromatic rings. The summed E-state index contributed by atoms with van der Waals surface area (Å²) in [5.74, 6) is -3.63. The van der Waals surface area contributed by atoms with Gasteiger partial charge in [0.2, 0.25) is 5.92 Å². The summed E-state index contributed by atoms with van der Waals surface area (Å²) in [7, 11) is 0. The Morgan fingerprint density at radius 2 is 2.13 bits per heavy atom. The molecule has 2 rings (SSSR count). The van der Waals surface area contributed by atoms with Crippen molar-refractivity contribution in [3.8, 4) is 0 Å². The van der Waals surface area contributed by atoms with Gasteiger partial charge < -0.3 is 9.84 Å². The molecule has 0 spiro atoms. The molecule has 1 N–H and O–H groups in total. The van der Waals surface area contributed by atoms with E-state index in [1.54, 1.807) is 0 Å². The third kappa shape index (κ3) is 1.97. The second-order valence-electron chi connectivity index (χ2n) is 4.72. The third-order valence-electron chi connectivity index (χ3n) is 3.41. The molecule has 2 aliphatic rings. The molecule has 86 valence electrons. The topological polar surface area (TPSA) is 46.5 Å². The zero-order valence-corrected chi connectivity index (χ0v) is 8.34.